The summed E-state index contributed by atoms with van der Waals surface area (Å²) in [6.45, 7) is 0. The lowest BCUT2D eigenvalue weighted by molar-refractivity contribution is -0.141. The lowest BCUT2D eigenvalue weighted by Crippen LogP contribution is -2.26. The third kappa shape index (κ3) is 2.83. The first-order valence-electron chi connectivity index (χ1n) is 5.26. The van der Waals surface area contributed by atoms with Crippen LogP contribution in [0.5, 0.6) is 5.75 Å². The van der Waals surface area contributed by atoms with E-state index >= 15 is 0 Å². The van der Waals surface area contributed by atoms with Gasteiger partial charge in [0.1, 0.15) is 5.75 Å². The van der Waals surface area contributed by atoms with Crippen molar-refractivity contribution in [3.8, 4) is 5.75 Å². The van der Waals surface area contributed by atoms with Gasteiger partial charge in [-0.15, -0.1) is 0 Å². The van der Waals surface area contributed by atoms with Gasteiger partial charge in [0, 0.05) is 0 Å². The maximum Gasteiger partial charge on any atom is 0.314 e. The number of carbonyl (C=O) groups is 1. The van der Waals surface area contributed by atoms with Gasteiger partial charge in [0.25, 0.3) is 10.1 Å². The van der Waals surface area contributed by atoms with Crippen LogP contribution in [-0.4, -0.2) is 18.9 Å². The zero-order valence-electron chi connectivity index (χ0n) is 9.00. The van der Waals surface area contributed by atoms with Crippen LogP contribution in [-0.2, 0) is 14.9 Å². The second kappa shape index (κ2) is 4.46. The fourth-order valence-electron chi connectivity index (χ4n) is 1.52. The van der Waals surface area contributed by atoms with E-state index in [4.69, 9.17) is 9.29 Å². The molecule has 0 bridgehead atoms. The maximum atomic E-state index is 11.5. The molecule has 1 fully saturated rings. The van der Waals surface area contributed by atoms with Crippen molar-refractivity contribution in [2.24, 2.45) is 5.92 Å². The first-order valence-corrected chi connectivity index (χ1v) is 6.70. The monoisotopic (exact) mass is 256 g/mol. The van der Waals surface area contributed by atoms with E-state index in [0.717, 1.165) is 19.3 Å². The third-order valence-electron chi connectivity index (χ3n) is 2.78. The predicted molar refractivity (Wildman–Crippen MR) is 59.2 cm³/mol. The summed E-state index contributed by atoms with van der Waals surface area (Å²) in [5, 5.41) is 0. The number of hydrogen-bond donors (Lipinski definition) is 1. The van der Waals surface area contributed by atoms with E-state index in [1.807, 2.05) is 0 Å². The van der Waals surface area contributed by atoms with Crippen molar-refractivity contribution in [2.75, 3.05) is 0 Å². The minimum Gasteiger partial charge on any atom is -0.426 e. The molecule has 2 rings (SSSR count). The lowest BCUT2D eigenvalue weighted by Gasteiger charge is -2.22. The van der Waals surface area contributed by atoms with Crippen LogP contribution >= 0.6 is 0 Å². The SMILES string of the molecule is O=C(Oc1ccc(S(=O)(=O)O)cc1)C1CCC1. The predicted octanol–water partition coefficient (Wildman–Crippen LogP) is 1.64. The number of hydrogen-bond acceptors (Lipinski definition) is 4. The summed E-state index contributed by atoms with van der Waals surface area (Å²) in [7, 11) is -4.20. The first kappa shape index (κ1) is 12.1. The van der Waals surface area contributed by atoms with Gasteiger partial charge in [0.05, 0.1) is 10.8 Å². The molecule has 1 aliphatic rings. The molecule has 1 saturated carbocycles. The number of ether oxygens (including phenoxy) is 1. The fourth-order valence-corrected chi connectivity index (χ4v) is 2.00. The molecule has 1 aromatic carbocycles. The molecular formula is C11H12O5S. The first-order chi connectivity index (χ1) is 7.97. The van der Waals surface area contributed by atoms with Crippen molar-refractivity contribution in [1.29, 1.82) is 0 Å². The molecule has 0 unspecified atom stereocenters. The van der Waals surface area contributed by atoms with Gasteiger partial charge in [-0.1, -0.05) is 6.42 Å². The van der Waals surface area contributed by atoms with Gasteiger partial charge < -0.3 is 4.74 Å². The summed E-state index contributed by atoms with van der Waals surface area (Å²) in [4.78, 5) is 11.3. The normalized spacial score (nSPS) is 16.3. The molecule has 0 aromatic heterocycles. The minimum absolute atomic E-state index is 0.0312. The smallest absolute Gasteiger partial charge is 0.314 e. The van der Waals surface area contributed by atoms with Crippen LogP contribution in [0.15, 0.2) is 29.2 Å². The van der Waals surface area contributed by atoms with Crippen LogP contribution in [0.2, 0.25) is 0 Å². The van der Waals surface area contributed by atoms with E-state index in [9.17, 15) is 13.2 Å². The van der Waals surface area contributed by atoms with E-state index in [2.05, 4.69) is 0 Å². The molecule has 0 radical (unpaired) electrons. The van der Waals surface area contributed by atoms with E-state index in [0.29, 0.717) is 0 Å². The van der Waals surface area contributed by atoms with Gasteiger partial charge in [-0.2, -0.15) is 8.42 Å². The lowest BCUT2D eigenvalue weighted by atomic mass is 9.86. The molecule has 0 spiro atoms. The van der Waals surface area contributed by atoms with Crippen LogP contribution in [0.25, 0.3) is 0 Å². The van der Waals surface area contributed by atoms with Gasteiger partial charge >= 0.3 is 5.97 Å². The summed E-state index contributed by atoms with van der Waals surface area (Å²) < 4.78 is 35.4. The van der Waals surface area contributed by atoms with E-state index in [1.165, 1.54) is 24.3 Å². The van der Waals surface area contributed by atoms with Crippen molar-refractivity contribution >= 4 is 16.1 Å². The fraction of sp³-hybridized carbons (Fsp3) is 0.364. The summed E-state index contributed by atoms with van der Waals surface area (Å²) >= 11 is 0. The van der Waals surface area contributed by atoms with Gasteiger partial charge in [-0.05, 0) is 37.1 Å². The largest absolute Gasteiger partial charge is 0.426 e. The number of rotatable bonds is 3. The molecule has 17 heavy (non-hydrogen) atoms. The highest BCUT2D eigenvalue weighted by molar-refractivity contribution is 7.85. The molecule has 5 nitrogen and oxygen atoms in total. The van der Waals surface area contributed by atoms with E-state index in [1.54, 1.807) is 0 Å². The Bertz CT molecular complexity index is 513. The molecule has 0 atom stereocenters. The highest BCUT2D eigenvalue weighted by Gasteiger charge is 2.27. The van der Waals surface area contributed by atoms with Crippen LogP contribution < -0.4 is 4.74 Å². The summed E-state index contributed by atoms with van der Waals surface area (Å²) in [5.74, 6) is -0.0265. The van der Waals surface area contributed by atoms with Crippen LogP contribution in [0, 0.1) is 5.92 Å². The van der Waals surface area contributed by atoms with E-state index < -0.39 is 10.1 Å². The number of carbonyl (C=O) groups excluding carboxylic acids is 1. The Kier molecular flexibility index (Phi) is 3.17. The van der Waals surface area contributed by atoms with Crippen molar-refractivity contribution in [3.05, 3.63) is 24.3 Å². The van der Waals surface area contributed by atoms with E-state index in [-0.39, 0.29) is 22.5 Å². The standard InChI is InChI=1S/C11H12O5S/c12-11(8-2-1-3-8)16-9-4-6-10(7-5-9)17(13,14)15/h4-8H,1-3H2,(H,13,14,15). The molecule has 0 heterocycles. The Labute approximate surface area is 99.2 Å². The van der Waals surface area contributed by atoms with Gasteiger partial charge in [-0.25, -0.2) is 0 Å². The highest BCUT2D eigenvalue weighted by atomic mass is 32.2. The Balaban J connectivity index is 2.05. The van der Waals surface area contributed by atoms with Crippen LogP contribution in [0.4, 0.5) is 0 Å². The number of esters is 1. The second-order valence-corrected chi connectivity index (χ2v) is 5.42. The molecular weight excluding hydrogens is 244 g/mol. The average Bonchev–Trinajstić information content (AvgIpc) is 2.13. The zero-order valence-corrected chi connectivity index (χ0v) is 9.81. The van der Waals surface area contributed by atoms with Gasteiger partial charge in [-0.3, -0.25) is 9.35 Å². The molecule has 0 aliphatic heterocycles. The van der Waals surface area contributed by atoms with Crippen molar-refractivity contribution < 1.29 is 22.5 Å². The van der Waals surface area contributed by atoms with Crippen molar-refractivity contribution in [1.82, 2.24) is 0 Å². The molecule has 1 N–H and O–H groups in total. The quantitative estimate of drug-likeness (QED) is 0.505. The van der Waals surface area contributed by atoms with Crippen LogP contribution in [0.3, 0.4) is 0 Å². The van der Waals surface area contributed by atoms with Gasteiger partial charge in [0.15, 0.2) is 0 Å². The van der Waals surface area contributed by atoms with Crippen molar-refractivity contribution in [3.63, 3.8) is 0 Å². The molecule has 1 aliphatic carbocycles. The third-order valence-corrected chi connectivity index (χ3v) is 3.65. The topological polar surface area (TPSA) is 80.7 Å². The molecule has 6 heteroatoms. The zero-order chi connectivity index (χ0) is 12.5. The van der Waals surface area contributed by atoms with Crippen molar-refractivity contribution in [2.45, 2.75) is 24.2 Å². The summed E-state index contributed by atoms with van der Waals surface area (Å²) in [6, 6.07) is 5.08. The van der Waals surface area contributed by atoms with Gasteiger partial charge in [0.2, 0.25) is 0 Å². The average molecular weight is 256 g/mol. The molecule has 92 valence electrons. The molecule has 0 amide bonds. The summed E-state index contributed by atoms with van der Waals surface area (Å²) in [6.07, 6.45) is 2.74. The van der Waals surface area contributed by atoms with Crippen LogP contribution in [0.1, 0.15) is 19.3 Å². The Morgan fingerprint density at radius 2 is 1.82 bits per heavy atom. The summed E-state index contributed by atoms with van der Waals surface area (Å²) in [5.41, 5.74) is 0. The maximum absolute atomic E-state index is 11.5. The molecule has 1 aromatic rings. The Morgan fingerprint density at radius 1 is 1.24 bits per heavy atom. The Morgan fingerprint density at radius 3 is 2.24 bits per heavy atom. The Hall–Kier alpha value is -1.40. The minimum atomic E-state index is -4.20. The number of benzene rings is 1. The molecule has 0 saturated heterocycles. The second-order valence-electron chi connectivity index (χ2n) is 4.00. The highest BCUT2D eigenvalue weighted by Crippen LogP contribution is 2.28.